The average Bonchev–Trinajstić information content (AvgIpc) is 3.11. The van der Waals surface area contributed by atoms with Gasteiger partial charge in [0, 0.05) is 17.3 Å². The first-order valence-electron chi connectivity index (χ1n) is 8.98. The molecular formula is C23H21N3O. The standard InChI is InChI=1S/C23H21N3O/c1-15(24)17-10-11-23-22(13-17)25-14-26(23)19-7-5-6-18(12-19)21-9-4-3-8-20(21)16(2)27/h3-15H,24H2,1-2H3/t15-/m1/s1. The lowest BCUT2D eigenvalue weighted by molar-refractivity contribution is 0.101. The fraction of sp³-hybridized carbons (Fsp3) is 0.130. The highest BCUT2D eigenvalue weighted by molar-refractivity contribution is 6.00. The van der Waals surface area contributed by atoms with Gasteiger partial charge in [0.1, 0.15) is 6.33 Å². The first-order chi connectivity index (χ1) is 13.0. The summed E-state index contributed by atoms with van der Waals surface area (Å²) < 4.78 is 2.06. The highest BCUT2D eigenvalue weighted by Crippen LogP contribution is 2.28. The first-order valence-corrected chi connectivity index (χ1v) is 8.98. The van der Waals surface area contributed by atoms with E-state index in [1.807, 2.05) is 67.8 Å². The van der Waals surface area contributed by atoms with Crippen molar-refractivity contribution in [1.29, 1.82) is 0 Å². The van der Waals surface area contributed by atoms with E-state index >= 15 is 0 Å². The Morgan fingerprint density at radius 1 is 1.04 bits per heavy atom. The fourth-order valence-corrected chi connectivity index (χ4v) is 3.38. The SMILES string of the molecule is CC(=O)c1ccccc1-c1cccc(-n2cnc3cc([C@@H](C)N)ccc32)c1. The van der Waals surface area contributed by atoms with E-state index in [9.17, 15) is 4.79 Å². The molecule has 0 saturated heterocycles. The molecule has 0 aliphatic heterocycles. The molecule has 0 spiro atoms. The van der Waals surface area contributed by atoms with Crippen LogP contribution in [0.3, 0.4) is 0 Å². The summed E-state index contributed by atoms with van der Waals surface area (Å²) in [5, 5.41) is 0. The van der Waals surface area contributed by atoms with Gasteiger partial charge >= 0.3 is 0 Å². The van der Waals surface area contributed by atoms with Crippen molar-refractivity contribution in [2.75, 3.05) is 0 Å². The number of nitrogens with zero attached hydrogens (tertiary/aromatic N) is 2. The van der Waals surface area contributed by atoms with Crippen LogP contribution in [-0.2, 0) is 0 Å². The number of carbonyl (C=O) groups excluding carboxylic acids is 1. The molecule has 2 N–H and O–H groups in total. The third-order valence-corrected chi connectivity index (χ3v) is 4.84. The monoisotopic (exact) mass is 355 g/mol. The number of benzene rings is 3. The number of aromatic nitrogens is 2. The molecule has 4 heteroatoms. The maximum atomic E-state index is 12.0. The van der Waals surface area contributed by atoms with Crippen molar-refractivity contribution < 1.29 is 4.79 Å². The minimum absolute atomic E-state index is 0.0223. The Morgan fingerprint density at radius 2 is 1.85 bits per heavy atom. The van der Waals surface area contributed by atoms with Crippen LogP contribution in [-0.4, -0.2) is 15.3 Å². The number of ketones is 1. The number of hydrogen-bond donors (Lipinski definition) is 1. The summed E-state index contributed by atoms with van der Waals surface area (Å²) in [4.78, 5) is 16.5. The summed E-state index contributed by atoms with van der Waals surface area (Å²) in [5.74, 6) is 0.0625. The van der Waals surface area contributed by atoms with Crippen molar-refractivity contribution in [3.8, 4) is 16.8 Å². The molecule has 0 saturated carbocycles. The minimum atomic E-state index is -0.0223. The van der Waals surface area contributed by atoms with E-state index in [4.69, 9.17) is 5.73 Å². The van der Waals surface area contributed by atoms with E-state index in [0.717, 1.165) is 39.0 Å². The molecule has 0 radical (unpaired) electrons. The van der Waals surface area contributed by atoms with Crippen LogP contribution >= 0.6 is 0 Å². The van der Waals surface area contributed by atoms with Crippen LogP contribution in [0.25, 0.3) is 27.8 Å². The van der Waals surface area contributed by atoms with Gasteiger partial charge in [0.2, 0.25) is 0 Å². The summed E-state index contributed by atoms with van der Waals surface area (Å²) in [6.07, 6.45) is 1.83. The molecule has 134 valence electrons. The molecule has 0 bridgehead atoms. The molecule has 4 aromatic rings. The van der Waals surface area contributed by atoms with Gasteiger partial charge in [-0.05, 0) is 54.8 Å². The third kappa shape index (κ3) is 3.15. The molecule has 1 atom stereocenters. The van der Waals surface area contributed by atoms with Crippen LogP contribution in [0.4, 0.5) is 0 Å². The minimum Gasteiger partial charge on any atom is -0.324 e. The zero-order chi connectivity index (χ0) is 19.0. The molecule has 0 aliphatic rings. The topological polar surface area (TPSA) is 60.9 Å². The maximum Gasteiger partial charge on any atom is 0.160 e. The lowest BCUT2D eigenvalue weighted by atomic mass is 9.97. The van der Waals surface area contributed by atoms with E-state index in [1.54, 1.807) is 6.92 Å². The number of carbonyl (C=O) groups is 1. The van der Waals surface area contributed by atoms with Crippen LogP contribution < -0.4 is 5.73 Å². The summed E-state index contributed by atoms with van der Waals surface area (Å²) in [7, 11) is 0. The number of Topliss-reactive ketones (excluding diaryl/α,β-unsaturated/α-hetero) is 1. The number of nitrogens with two attached hydrogens (primary N) is 1. The maximum absolute atomic E-state index is 12.0. The molecule has 3 aromatic carbocycles. The number of fused-ring (bicyclic) bond motifs is 1. The molecule has 0 amide bonds. The molecule has 0 unspecified atom stereocenters. The Balaban J connectivity index is 1.82. The van der Waals surface area contributed by atoms with Crippen molar-refractivity contribution >= 4 is 16.8 Å². The van der Waals surface area contributed by atoms with Crippen molar-refractivity contribution in [2.45, 2.75) is 19.9 Å². The van der Waals surface area contributed by atoms with Gasteiger partial charge in [0.05, 0.1) is 11.0 Å². The number of hydrogen-bond acceptors (Lipinski definition) is 3. The largest absolute Gasteiger partial charge is 0.324 e. The second-order valence-electron chi connectivity index (χ2n) is 6.80. The van der Waals surface area contributed by atoms with E-state index in [1.165, 1.54) is 0 Å². The second kappa shape index (κ2) is 6.82. The zero-order valence-corrected chi connectivity index (χ0v) is 15.4. The molecule has 0 aliphatic carbocycles. The van der Waals surface area contributed by atoms with Gasteiger partial charge in [-0.2, -0.15) is 0 Å². The van der Waals surface area contributed by atoms with Crippen LogP contribution in [0.2, 0.25) is 0 Å². The summed E-state index contributed by atoms with van der Waals surface area (Å²) in [5.41, 5.74) is 12.7. The van der Waals surface area contributed by atoms with Gasteiger partial charge in [0.15, 0.2) is 5.78 Å². The van der Waals surface area contributed by atoms with Crippen LogP contribution in [0.5, 0.6) is 0 Å². The molecule has 1 heterocycles. The van der Waals surface area contributed by atoms with E-state index < -0.39 is 0 Å². The Labute approximate surface area is 158 Å². The van der Waals surface area contributed by atoms with E-state index in [2.05, 4.69) is 21.7 Å². The third-order valence-electron chi connectivity index (χ3n) is 4.84. The lowest BCUT2D eigenvalue weighted by Gasteiger charge is -2.11. The molecule has 27 heavy (non-hydrogen) atoms. The van der Waals surface area contributed by atoms with Crippen LogP contribution in [0.15, 0.2) is 73.1 Å². The molecule has 4 rings (SSSR count). The molecule has 0 fully saturated rings. The smallest absolute Gasteiger partial charge is 0.160 e. The Bertz CT molecular complexity index is 1140. The van der Waals surface area contributed by atoms with Crippen molar-refractivity contribution in [3.63, 3.8) is 0 Å². The van der Waals surface area contributed by atoms with Gasteiger partial charge in [0.25, 0.3) is 0 Å². The summed E-state index contributed by atoms with van der Waals surface area (Å²) in [6, 6.07) is 22.0. The van der Waals surface area contributed by atoms with Gasteiger partial charge in [-0.15, -0.1) is 0 Å². The normalized spacial score (nSPS) is 12.3. The Morgan fingerprint density at radius 3 is 2.63 bits per heavy atom. The van der Waals surface area contributed by atoms with Gasteiger partial charge in [-0.3, -0.25) is 9.36 Å². The van der Waals surface area contributed by atoms with Crippen molar-refractivity contribution in [2.24, 2.45) is 5.73 Å². The van der Waals surface area contributed by atoms with E-state index in [0.29, 0.717) is 0 Å². The van der Waals surface area contributed by atoms with Gasteiger partial charge < -0.3 is 5.73 Å². The van der Waals surface area contributed by atoms with Crippen LogP contribution in [0, 0.1) is 0 Å². The first kappa shape index (κ1) is 17.2. The number of rotatable bonds is 4. The quantitative estimate of drug-likeness (QED) is 0.529. The van der Waals surface area contributed by atoms with Crippen molar-refractivity contribution in [1.82, 2.24) is 9.55 Å². The second-order valence-corrected chi connectivity index (χ2v) is 6.80. The van der Waals surface area contributed by atoms with Gasteiger partial charge in [-0.1, -0.05) is 42.5 Å². The summed E-state index contributed by atoms with van der Waals surface area (Å²) >= 11 is 0. The average molecular weight is 355 g/mol. The Hall–Kier alpha value is -3.24. The molecular weight excluding hydrogens is 334 g/mol. The highest BCUT2D eigenvalue weighted by atomic mass is 16.1. The van der Waals surface area contributed by atoms with Crippen molar-refractivity contribution in [3.05, 3.63) is 84.2 Å². The predicted molar refractivity (Wildman–Crippen MR) is 109 cm³/mol. The fourth-order valence-electron chi connectivity index (χ4n) is 3.38. The predicted octanol–water partition coefficient (Wildman–Crippen LogP) is 4.91. The number of imidazole rings is 1. The lowest BCUT2D eigenvalue weighted by Crippen LogP contribution is -2.04. The molecule has 4 nitrogen and oxygen atoms in total. The summed E-state index contributed by atoms with van der Waals surface area (Å²) in [6.45, 7) is 3.57. The molecule has 1 aromatic heterocycles. The Kier molecular flexibility index (Phi) is 4.34. The van der Waals surface area contributed by atoms with E-state index in [-0.39, 0.29) is 11.8 Å². The van der Waals surface area contributed by atoms with Crippen LogP contribution in [0.1, 0.15) is 35.8 Å². The zero-order valence-electron chi connectivity index (χ0n) is 15.4. The highest BCUT2D eigenvalue weighted by Gasteiger charge is 2.11. The van der Waals surface area contributed by atoms with Gasteiger partial charge in [-0.25, -0.2) is 4.98 Å².